The molecule has 0 saturated carbocycles. The van der Waals surface area contributed by atoms with Gasteiger partial charge in [-0.2, -0.15) is 0 Å². The second-order valence-corrected chi connectivity index (χ2v) is 5.88. The first-order valence-electron chi connectivity index (χ1n) is 5.86. The number of rotatable bonds is 4. The highest BCUT2D eigenvalue weighted by molar-refractivity contribution is 7.16. The molecule has 1 atom stereocenters. The van der Waals surface area contributed by atoms with Crippen molar-refractivity contribution in [2.24, 2.45) is 0 Å². The topological polar surface area (TPSA) is 12.0 Å². The van der Waals surface area contributed by atoms with Gasteiger partial charge in [0.1, 0.15) is 5.82 Å². The average Bonchev–Trinajstić information content (AvgIpc) is 2.76. The first-order chi connectivity index (χ1) is 8.61. The van der Waals surface area contributed by atoms with Crippen molar-refractivity contribution in [1.82, 2.24) is 5.32 Å². The Morgan fingerprint density at radius 1 is 1.33 bits per heavy atom. The molecule has 0 bridgehead atoms. The van der Waals surface area contributed by atoms with Crippen molar-refractivity contribution in [2.45, 2.75) is 19.9 Å². The summed E-state index contributed by atoms with van der Waals surface area (Å²) in [4.78, 5) is 1.11. The lowest BCUT2D eigenvalue weighted by atomic mass is 10.00. The quantitative estimate of drug-likeness (QED) is 0.868. The summed E-state index contributed by atoms with van der Waals surface area (Å²) in [5, 5.41) is 3.38. The van der Waals surface area contributed by atoms with Gasteiger partial charge < -0.3 is 5.32 Å². The van der Waals surface area contributed by atoms with Gasteiger partial charge in [-0.15, -0.1) is 11.3 Å². The Morgan fingerprint density at radius 3 is 2.72 bits per heavy atom. The van der Waals surface area contributed by atoms with E-state index < -0.39 is 0 Å². The molecule has 2 aromatic rings. The van der Waals surface area contributed by atoms with Crippen molar-refractivity contribution in [2.75, 3.05) is 6.54 Å². The van der Waals surface area contributed by atoms with E-state index in [1.165, 1.54) is 17.4 Å². The maximum atomic E-state index is 13.4. The summed E-state index contributed by atoms with van der Waals surface area (Å²) in [5.41, 5.74) is 2.04. The molecule has 1 heterocycles. The monoisotopic (exact) mass is 283 g/mol. The predicted molar refractivity (Wildman–Crippen MR) is 76.0 cm³/mol. The van der Waals surface area contributed by atoms with E-state index in [2.05, 4.69) is 5.32 Å². The van der Waals surface area contributed by atoms with Crippen molar-refractivity contribution in [3.8, 4) is 0 Å². The Kier molecular flexibility index (Phi) is 4.38. The van der Waals surface area contributed by atoms with E-state index in [1.807, 2.05) is 32.0 Å². The van der Waals surface area contributed by atoms with Crippen LogP contribution in [0.2, 0.25) is 4.34 Å². The molecule has 0 radical (unpaired) electrons. The minimum atomic E-state index is -0.207. The Balaban J connectivity index is 2.44. The second kappa shape index (κ2) is 5.83. The fraction of sp³-hybridized carbons (Fsp3) is 0.286. The molecule has 96 valence electrons. The van der Waals surface area contributed by atoms with Crippen molar-refractivity contribution in [3.63, 3.8) is 0 Å². The van der Waals surface area contributed by atoms with Crippen LogP contribution in [0.3, 0.4) is 0 Å². The molecule has 1 nitrogen and oxygen atoms in total. The Labute approximate surface area is 116 Å². The number of benzene rings is 1. The maximum absolute atomic E-state index is 13.4. The van der Waals surface area contributed by atoms with Crippen LogP contribution in [0.25, 0.3) is 0 Å². The van der Waals surface area contributed by atoms with Crippen molar-refractivity contribution < 1.29 is 4.39 Å². The summed E-state index contributed by atoms with van der Waals surface area (Å²) in [6.45, 7) is 4.85. The van der Waals surface area contributed by atoms with E-state index in [9.17, 15) is 4.39 Å². The molecule has 1 aromatic carbocycles. The van der Waals surface area contributed by atoms with Gasteiger partial charge in [-0.05, 0) is 48.9 Å². The molecule has 0 amide bonds. The van der Waals surface area contributed by atoms with Crippen LogP contribution in [-0.4, -0.2) is 6.54 Å². The molecular weight excluding hydrogens is 269 g/mol. The number of halogens is 2. The van der Waals surface area contributed by atoms with E-state index in [1.54, 1.807) is 6.07 Å². The SMILES string of the molecule is CCNC(c1ccc(Cl)s1)c1cc(F)ccc1C. The first kappa shape index (κ1) is 13.5. The zero-order valence-corrected chi connectivity index (χ0v) is 11.9. The number of aryl methyl sites for hydroxylation is 1. The molecule has 4 heteroatoms. The summed E-state index contributed by atoms with van der Waals surface area (Å²) in [6, 6.07) is 8.76. The van der Waals surface area contributed by atoms with Crippen LogP contribution < -0.4 is 5.32 Å². The van der Waals surface area contributed by atoms with Crippen LogP contribution >= 0.6 is 22.9 Å². The summed E-state index contributed by atoms with van der Waals surface area (Å²) >= 11 is 7.51. The lowest BCUT2D eigenvalue weighted by molar-refractivity contribution is 0.604. The van der Waals surface area contributed by atoms with E-state index >= 15 is 0 Å². The molecule has 1 aromatic heterocycles. The van der Waals surface area contributed by atoms with E-state index in [0.717, 1.165) is 26.9 Å². The number of hydrogen-bond donors (Lipinski definition) is 1. The lowest BCUT2D eigenvalue weighted by Crippen LogP contribution is -2.22. The molecule has 0 fully saturated rings. The van der Waals surface area contributed by atoms with Gasteiger partial charge in [0.2, 0.25) is 0 Å². The van der Waals surface area contributed by atoms with Gasteiger partial charge in [-0.1, -0.05) is 24.6 Å². The maximum Gasteiger partial charge on any atom is 0.123 e. The molecule has 1 N–H and O–H groups in total. The zero-order chi connectivity index (χ0) is 13.1. The second-order valence-electron chi connectivity index (χ2n) is 4.13. The van der Waals surface area contributed by atoms with Gasteiger partial charge in [-0.3, -0.25) is 0 Å². The summed E-state index contributed by atoms with van der Waals surface area (Å²) in [5.74, 6) is -0.207. The number of hydrogen-bond acceptors (Lipinski definition) is 2. The largest absolute Gasteiger partial charge is 0.306 e. The molecular formula is C14H15ClFNS. The molecule has 18 heavy (non-hydrogen) atoms. The highest BCUT2D eigenvalue weighted by Gasteiger charge is 2.17. The van der Waals surface area contributed by atoms with E-state index in [-0.39, 0.29) is 11.9 Å². The van der Waals surface area contributed by atoms with Crippen LogP contribution in [0.4, 0.5) is 4.39 Å². The molecule has 0 aliphatic rings. The fourth-order valence-corrected chi connectivity index (χ4v) is 3.13. The third kappa shape index (κ3) is 2.91. The van der Waals surface area contributed by atoms with Crippen LogP contribution in [0.15, 0.2) is 30.3 Å². The summed E-state index contributed by atoms with van der Waals surface area (Å²) in [7, 11) is 0. The highest BCUT2D eigenvalue weighted by atomic mass is 35.5. The van der Waals surface area contributed by atoms with Gasteiger partial charge in [0, 0.05) is 4.88 Å². The average molecular weight is 284 g/mol. The lowest BCUT2D eigenvalue weighted by Gasteiger charge is -2.19. The molecule has 0 aliphatic carbocycles. The van der Waals surface area contributed by atoms with E-state index in [4.69, 9.17) is 11.6 Å². The molecule has 1 unspecified atom stereocenters. The van der Waals surface area contributed by atoms with Crippen molar-refractivity contribution in [1.29, 1.82) is 0 Å². The normalized spacial score (nSPS) is 12.7. The standard InChI is InChI=1S/C14H15ClFNS/c1-3-17-14(12-6-7-13(15)18-12)11-8-10(16)5-4-9(11)2/h4-8,14,17H,3H2,1-2H3. The molecule has 0 saturated heterocycles. The van der Waals surface area contributed by atoms with Crippen LogP contribution in [0.5, 0.6) is 0 Å². The van der Waals surface area contributed by atoms with Gasteiger partial charge in [-0.25, -0.2) is 4.39 Å². The third-order valence-electron chi connectivity index (χ3n) is 2.84. The Hall–Kier alpha value is -0.900. The minimum absolute atomic E-state index is 0.00296. The molecule has 0 aliphatic heterocycles. The van der Waals surface area contributed by atoms with E-state index in [0.29, 0.717) is 0 Å². The van der Waals surface area contributed by atoms with Crippen LogP contribution in [-0.2, 0) is 0 Å². The summed E-state index contributed by atoms with van der Waals surface area (Å²) in [6.07, 6.45) is 0. The minimum Gasteiger partial charge on any atom is -0.306 e. The Bertz CT molecular complexity index is 538. The van der Waals surface area contributed by atoms with Crippen LogP contribution in [0, 0.1) is 12.7 Å². The van der Waals surface area contributed by atoms with Gasteiger partial charge in [0.25, 0.3) is 0 Å². The first-order valence-corrected chi connectivity index (χ1v) is 7.06. The predicted octanol–water partition coefficient (Wildman–Crippen LogP) is 4.55. The zero-order valence-electron chi connectivity index (χ0n) is 10.3. The van der Waals surface area contributed by atoms with Crippen molar-refractivity contribution in [3.05, 3.63) is 56.5 Å². The van der Waals surface area contributed by atoms with Gasteiger partial charge in [0.05, 0.1) is 10.4 Å². The Morgan fingerprint density at radius 2 is 2.11 bits per heavy atom. The molecule has 0 spiro atoms. The highest BCUT2D eigenvalue weighted by Crippen LogP contribution is 2.32. The van der Waals surface area contributed by atoms with Gasteiger partial charge >= 0.3 is 0 Å². The fourth-order valence-electron chi connectivity index (χ4n) is 1.97. The van der Waals surface area contributed by atoms with Gasteiger partial charge in [0.15, 0.2) is 0 Å². The van der Waals surface area contributed by atoms with Crippen molar-refractivity contribution >= 4 is 22.9 Å². The molecule has 2 rings (SSSR count). The van der Waals surface area contributed by atoms with Crippen LogP contribution in [0.1, 0.15) is 29.0 Å². The summed E-state index contributed by atoms with van der Waals surface area (Å²) < 4.78 is 14.2. The number of thiophene rings is 1. The smallest absolute Gasteiger partial charge is 0.123 e. The third-order valence-corrected chi connectivity index (χ3v) is 4.14. The number of nitrogens with one attached hydrogen (secondary N) is 1.